The summed E-state index contributed by atoms with van der Waals surface area (Å²) in [4.78, 5) is 22.1. The fourth-order valence-electron chi connectivity index (χ4n) is 1.17. The molecule has 0 spiro atoms. The number of carboxylic acids is 1. The fraction of sp³-hybridized carbons (Fsp3) is 0.273. The fourth-order valence-corrected chi connectivity index (χ4v) is 1.17. The van der Waals surface area contributed by atoms with Gasteiger partial charge in [0, 0.05) is 5.56 Å². The van der Waals surface area contributed by atoms with Crippen LogP contribution in [0, 0.1) is 12.7 Å². The van der Waals surface area contributed by atoms with E-state index in [0.29, 0.717) is 5.56 Å². The van der Waals surface area contributed by atoms with E-state index < -0.39 is 23.7 Å². The van der Waals surface area contributed by atoms with Crippen LogP contribution >= 0.6 is 0 Å². The molecule has 1 unspecified atom stereocenters. The van der Waals surface area contributed by atoms with Crippen molar-refractivity contribution in [3.05, 3.63) is 35.1 Å². The van der Waals surface area contributed by atoms with Crippen molar-refractivity contribution >= 4 is 11.9 Å². The smallest absolute Gasteiger partial charge is 0.325 e. The third kappa shape index (κ3) is 2.79. The Kier molecular flexibility index (Phi) is 3.60. The van der Waals surface area contributed by atoms with Crippen LogP contribution in [0.25, 0.3) is 0 Å². The molecule has 5 heteroatoms. The number of amides is 1. The highest BCUT2D eigenvalue weighted by Crippen LogP contribution is 2.10. The minimum absolute atomic E-state index is 0.146. The molecule has 0 aromatic heterocycles. The van der Waals surface area contributed by atoms with Crippen molar-refractivity contribution < 1.29 is 19.1 Å². The maximum atomic E-state index is 12.9. The highest BCUT2D eigenvalue weighted by atomic mass is 19.1. The Morgan fingerprint density at radius 1 is 1.44 bits per heavy atom. The normalized spacial score (nSPS) is 11.9. The number of carbonyl (C=O) groups is 2. The largest absolute Gasteiger partial charge is 0.480 e. The van der Waals surface area contributed by atoms with E-state index in [1.807, 2.05) is 0 Å². The number of nitrogens with one attached hydrogen (secondary N) is 1. The second-order valence-electron chi connectivity index (χ2n) is 3.49. The van der Waals surface area contributed by atoms with E-state index in [1.54, 1.807) is 6.92 Å². The van der Waals surface area contributed by atoms with Gasteiger partial charge in [0.25, 0.3) is 5.91 Å². The maximum absolute atomic E-state index is 12.9. The van der Waals surface area contributed by atoms with Gasteiger partial charge < -0.3 is 10.4 Å². The second-order valence-corrected chi connectivity index (χ2v) is 3.49. The zero-order valence-electron chi connectivity index (χ0n) is 8.95. The number of halogens is 1. The van der Waals surface area contributed by atoms with Gasteiger partial charge in [0.15, 0.2) is 0 Å². The number of hydrogen-bond acceptors (Lipinski definition) is 2. The average Bonchev–Trinajstić information content (AvgIpc) is 2.21. The monoisotopic (exact) mass is 225 g/mol. The molecule has 1 rings (SSSR count). The summed E-state index contributed by atoms with van der Waals surface area (Å²) in [7, 11) is 0. The summed E-state index contributed by atoms with van der Waals surface area (Å²) in [5.41, 5.74) is 0.740. The van der Waals surface area contributed by atoms with Crippen LogP contribution in [0.1, 0.15) is 22.8 Å². The van der Waals surface area contributed by atoms with Crippen molar-refractivity contribution in [1.29, 1.82) is 0 Å². The molecule has 0 aliphatic carbocycles. The lowest BCUT2D eigenvalue weighted by Gasteiger charge is -2.10. The Labute approximate surface area is 92.1 Å². The first-order chi connectivity index (χ1) is 7.41. The summed E-state index contributed by atoms with van der Waals surface area (Å²) in [6, 6.07) is 2.79. The third-order valence-corrected chi connectivity index (χ3v) is 2.16. The van der Waals surface area contributed by atoms with Crippen molar-refractivity contribution in [2.24, 2.45) is 0 Å². The van der Waals surface area contributed by atoms with Crippen LogP contribution in [-0.2, 0) is 4.79 Å². The lowest BCUT2D eigenvalue weighted by Crippen LogP contribution is -2.38. The van der Waals surface area contributed by atoms with Gasteiger partial charge in [-0.3, -0.25) is 9.59 Å². The Hall–Kier alpha value is -1.91. The number of rotatable bonds is 3. The van der Waals surface area contributed by atoms with E-state index in [-0.39, 0.29) is 5.56 Å². The Morgan fingerprint density at radius 2 is 2.06 bits per heavy atom. The summed E-state index contributed by atoms with van der Waals surface area (Å²) in [5.74, 6) is -2.26. The molecule has 4 nitrogen and oxygen atoms in total. The molecular formula is C11H12FNO3. The molecule has 1 amide bonds. The van der Waals surface area contributed by atoms with Crippen LogP contribution in [0.4, 0.5) is 4.39 Å². The van der Waals surface area contributed by atoms with E-state index >= 15 is 0 Å². The molecule has 1 aromatic carbocycles. The Morgan fingerprint density at radius 3 is 2.62 bits per heavy atom. The van der Waals surface area contributed by atoms with Gasteiger partial charge in [0.05, 0.1) is 0 Å². The van der Waals surface area contributed by atoms with E-state index in [0.717, 1.165) is 6.07 Å². The van der Waals surface area contributed by atoms with Gasteiger partial charge in [-0.2, -0.15) is 0 Å². The number of hydrogen-bond donors (Lipinski definition) is 2. The number of carboxylic acid groups (broad SMARTS) is 1. The summed E-state index contributed by atoms with van der Waals surface area (Å²) in [5, 5.41) is 10.9. The van der Waals surface area contributed by atoms with E-state index in [9.17, 15) is 14.0 Å². The van der Waals surface area contributed by atoms with Crippen LogP contribution in [0.2, 0.25) is 0 Å². The molecule has 1 aromatic rings. The Balaban J connectivity index is 2.88. The van der Waals surface area contributed by atoms with Crippen molar-refractivity contribution in [3.8, 4) is 0 Å². The van der Waals surface area contributed by atoms with Crippen molar-refractivity contribution in [1.82, 2.24) is 5.32 Å². The number of benzene rings is 1. The zero-order valence-corrected chi connectivity index (χ0v) is 8.95. The first-order valence-electron chi connectivity index (χ1n) is 4.71. The van der Waals surface area contributed by atoms with Gasteiger partial charge in [0.2, 0.25) is 0 Å². The quantitative estimate of drug-likeness (QED) is 0.815. The lowest BCUT2D eigenvalue weighted by molar-refractivity contribution is -0.138. The maximum Gasteiger partial charge on any atom is 0.325 e. The summed E-state index contributed by atoms with van der Waals surface area (Å²) in [6.45, 7) is 2.99. The van der Waals surface area contributed by atoms with Crippen molar-refractivity contribution in [2.45, 2.75) is 19.9 Å². The van der Waals surface area contributed by atoms with Crippen molar-refractivity contribution in [3.63, 3.8) is 0 Å². The molecule has 86 valence electrons. The van der Waals surface area contributed by atoms with Crippen molar-refractivity contribution in [2.75, 3.05) is 0 Å². The minimum atomic E-state index is -1.14. The molecule has 0 saturated carbocycles. The van der Waals surface area contributed by atoms with Crippen LogP contribution in [0.3, 0.4) is 0 Å². The Bertz CT molecular complexity index is 431. The van der Waals surface area contributed by atoms with Gasteiger partial charge in [0.1, 0.15) is 11.9 Å². The molecule has 16 heavy (non-hydrogen) atoms. The standard InChI is InChI=1S/C11H12FNO3/c1-6-3-4-8(12)5-9(6)10(14)13-7(2)11(15)16/h3-5,7H,1-2H3,(H,13,14)(H,15,16). The summed E-state index contributed by atoms with van der Waals surface area (Å²) < 4.78 is 12.9. The van der Waals surface area contributed by atoms with Gasteiger partial charge >= 0.3 is 5.97 Å². The van der Waals surface area contributed by atoms with Crippen LogP contribution in [0.15, 0.2) is 18.2 Å². The van der Waals surface area contributed by atoms with Gasteiger partial charge in [-0.15, -0.1) is 0 Å². The molecule has 0 radical (unpaired) electrons. The highest BCUT2D eigenvalue weighted by molar-refractivity contribution is 5.97. The first kappa shape index (κ1) is 12.2. The van der Waals surface area contributed by atoms with Gasteiger partial charge in [-0.05, 0) is 31.5 Å². The highest BCUT2D eigenvalue weighted by Gasteiger charge is 2.16. The molecule has 0 heterocycles. The molecule has 0 bridgehead atoms. The van der Waals surface area contributed by atoms with E-state index in [2.05, 4.69) is 5.32 Å². The lowest BCUT2D eigenvalue weighted by atomic mass is 10.1. The topological polar surface area (TPSA) is 66.4 Å². The van der Waals surface area contributed by atoms with Crippen LogP contribution < -0.4 is 5.32 Å². The number of aliphatic carboxylic acids is 1. The van der Waals surface area contributed by atoms with E-state index in [1.165, 1.54) is 19.1 Å². The predicted octanol–water partition coefficient (Wildman–Crippen LogP) is 1.34. The number of aryl methyl sites for hydroxylation is 1. The number of carbonyl (C=O) groups excluding carboxylic acids is 1. The second kappa shape index (κ2) is 4.74. The van der Waals surface area contributed by atoms with Gasteiger partial charge in [-0.1, -0.05) is 6.07 Å². The molecule has 2 N–H and O–H groups in total. The molecule has 0 aliphatic heterocycles. The minimum Gasteiger partial charge on any atom is -0.480 e. The van der Waals surface area contributed by atoms with Crippen LogP contribution in [0.5, 0.6) is 0 Å². The molecule has 0 fully saturated rings. The summed E-state index contributed by atoms with van der Waals surface area (Å²) >= 11 is 0. The predicted molar refractivity (Wildman–Crippen MR) is 55.7 cm³/mol. The first-order valence-corrected chi connectivity index (χ1v) is 4.71. The van der Waals surface area contributed by atoms with Gasteiger partial charge in [-0.25, -0.2) is 4.39 Å². The van der Waals surface area contributed by atoms with E-state index in [4.69, 9.17) is 5.11 Å². The third-order valence-electron chi connectivity index (χ3n) is 2.16. The molecular weight excluding hydrogens is 213 g/mol. The molecule has 1 atom stereocenters. The van der Waals surface area contributed by atoms with Crippen LogP contribution in [-0.4, -0.2) is 23.0 Å². The summed E-state index contributed by atoms with van der Waals surface area (Å²) in [6.07, 6.45) is 0. The zero-order chi connectivity index (χ0) is 12.3. The molecule has 0 saturated heterocycles. The SMILES string of the molecule is Cc1ccc(F)cc1C(=O)NC(C)C(=O)O. The molecule has 0 aliphatic rings. The average molecular weight is 225 g/mol.